The standard InChI is InChI=1S/C20H15ClN2O/c21-16-10-8-15(9-11-16)20(24)23-13-12-22-19(23)18-7-3-5-14-4-1-2-6-17(14)18/h1-11H,12-13H2. The first-order chi connectivity index (χ1) is 11.7. The van der Waals surface area contributed by atoms with Crippen LogP contribution in [0.15, 0.2) is 71.7 Å². The number of fused-ring (bicyclic) bond motifs is 1. The summed E-state index contributed by atoms with van der Waals surface area (Å²) in [4.78, 5) is 19.2. The molecule has 3 nitrogen and oxygen atoms in total. The fourth-order valence-electron chi connectivity index (χ4n) is 3.04. The molecule has 0 saturated carbocycles. The van der Waals surface area contributed by atoms with Gasteiger partial charge >= 0.3 is 0 Å². The molecule has 4 heteroatoms. The minimum absolute atomic E-state index is 0.0455. The lowest BCUT2D eigenvalue weighted by molar-refractivity contribution is 0.0858. The average Bonchev–Trinajstić information content (AvgIpc) is 3.11. The van der Waals surface area contributed by atoms with Crippen LogP contribution in [0.1, 0.15) is 15.9 Å². The average molecular weight is 335 g/mol. The Balaban J connectivity index is 1.75. The Labute approximate surface area is 145 Å². The zero-order valence-electron chi connectivity index (χ0n) is 12.9. The molecule has 0 spiro atoms. The summed E-state index contributed by atoms with van der Waals surface area (Å²) in [5.41, 5.74) is 1.61. The van der Waals surface area contributed by atoms with Crippen LogP contribution < -0.4 is 0 Å². The molecule has 0 saturated heterocycles. The van der Waals surface area contributed by atoms with Crippen LogP contribution >= 0.6 is 11.6 Å². The maximum atomic E-state index is 12.9. The van der Waals surface area contributed by atoms with Crippen LogP contribution in [0.25, 0.3) is 10.8 Å². The Kier molecular flexibility index (Phi) is 3.79. The number of carbonyl (C=O) groups excluding carboxylic acids is 1. The SMILES string of the molecule is O=C(c1ccc(Cl)cc1)N1CCN=C1c1cccc2ccccc12. The summed E-state index contributed by atoms with van der Waals surface area (Å²) in [5, 5.41) is 2.87. The van der Waals surface area contributed by atoms with Crippen molar-refractivity contribution in [1.29, 1.82) is 0 Å². The van der Waals surface area contributed by atoms with Gasteiger partial charge in [-0.2, -0.15) is 0 Å². The first-order valence-electron chi connectivity index (χ1n) is 7.84. The molecule has 0 aromatic heterocycles. The quantitative estimate of drug-likeness (QED) is 0.684. The Bertz CT molecular complexity index is 942. The smallest absolute Gasteiger partial charge is 0.259 e. The zero-order valence-corrected chi connectivity index (χ0v) is 13.7. The summed E-state index contributed by atoms with van der Waals surface area (Å²) in [6, 6.07) is 21.2. The molecule has 0 N–H and O–H groups in total. The van der Waals surface area contributed by atoms with Gasteiger partial charge in [0.25, 0.3) is 5.91 Å². The molecule has 1 aliphatic heterocycles. The van der Waals surface area contributed by atoms with Crippen LogP contribution in [0.3, 0.4) is 0 Å². The fraction of sp³-hybridized carbons (Fsp3) is 0.100. The molecule has 0 bridgehead atoms. The molecule has 3 aromatic carbocycles. The molecular formula is C20H15ClN2O. The first-order valence-corrected chi connectivity index (χ1v) is 8.22. The van der Waals surface area contributed by atoms with Crippen LogP contribution in [0.5, 0.6) is 0 Å². The van der Waals surface area contributed by atoms with Crippen molar-refractivity contribution < 1.29 is 4.79 Å². The van der Waals surface area contributed by atoms with Crippen molar-refractivity contribution >= 4 is 34.1 Å². The number of nitrogens with zero attached hydrogens (tertiary/aromatic N) is 2. The van der Waals surface area contributed by atoms with Gasteiger partial charge in [-0.3, -0.25) is 14.7 Å². The highest BCUT2D eigenvalue weighted by Crippen LogP contribution is 2.23. The van der Waals surface area contributed by atoms with E-state index in [9.17, 15) is 4.79 Å². The van der Waals surface area contributed by atoms with E-state index < -0.39 is 0 Å². The van der Waals surface area contributed by atoms with Gasteiger partial charge in [-0.05, 0) is 35.0 Å². The minimum Gasteiger partial charge on any atom is -0.291 e. The lowest BCUT2D eigenvalue weighted by Crippen LogP contribution is -2.35. The predicted molar refractivity (Wildman–Crippen MR) is 97.8 cm³/mol. The minimum atomic E-state index is -0.0455. The van der Waals surface area contributed by atoms with E-state index in [-0.39, 0.29) is 5.91 Å². The second kappa shape index (κ2) is 6.10. The number of hydrogen-bond donors (Lipinski definition) is 0. The van der Waals surface area contributed by atoms with Gasteiger partial charge < -0.3 is 0 Å². The number of benzene rings is 3. The van der Waals surface area contributed by atoms with Crippen molar-refractivity contribution in [2.75, 3.05) is 13.1 Å². The second-order valence-corrected chi connectivity index (χ2v) is 6.13. The predicted octanol–water partition coefficient (Wildman–Crippen LogP) is 4.40. The Morgan fingerprint density at radius 2 is 1.71 bits per heavy atom. The number of amidine groups is 1. The Hall–Kier alpha value is -2.65. The lowest BCUT2D eigenvalue weighted by Gasteiger charge is -2.19. The molecule has 0 atom stereocenters. The van der Waals surface area contributed by atoms with Crippen molar-refractivity contribution in [3.63, 3.8) is 0 Å². The number of hydrogen-bond acceptors (Lipinski definition) is 2. The number of amides is 1. The van der Waals surface area contributed by atoms with Gasteiger partial charge in [-0.15, -0.1) is 0 Å². The van der Waals surface area contributed by atoms with Crippen LogP contribution in [0, 0.1) is 0 Å². The summed E-state index contributed by atoms with van der Waals surface area (Å²) in [5.74, 6) is 0.697. The monoisotopic (exact) mass is 334 g/mol. The first kappa shape index (κ1) is 14.9. The van der Waals surface area contributed by atoms with Crippen molar-refractivity contribution in [3.8, 4) is 0 Å². The Morgan fingerprint density at radius 1 is 0.958 bits per heavy atom. The van der Waals surface area contributed by atoms with Gasteiger partial charge in [-0.25, -0.2) is 0 Å². The van der Waals surface area contributed by atoms with Gasteiger partial charge in [0.15, 0.2) is 0 Å². The number of halogens is 1. The summed E-state index contributed by atoms with van der Waals surface area (Å²) >= 11 is 5.92. The maximum absolute atomic E-state index is 12.9. The van der Waals surface area contributed by atoms with Crippen LogP contribution in [-0.4, -0.2) is 29.7 Å². The van der Waals surface area contributed by atoms with Crippen LogP contribution in [0.2, 0.25) is 5.02 Å². The molecule has 1 amide bonds. The number of aliphatic imine (C=N–C) groups is 1. The highest BCUT2D eigenvalue weighted by atomic mass is 35.5. The van der Waals surface area contributed by atoms with E-state index in [0.29, 0.717) is 23.7 Å². The van der Waals surface area contributed by atoms with Gasteiger partial charge in [0.05, 0.1) is 6.54 Å². The zero-order chi connectivity index (χ0) is 16.5. The molecule has 1 heterocycles. The number of carbonyl (C=O) groups is 1. The summed E-state index contributed by atoms with van der Waals surface area (Å²) in [7, 11) is 0. The normalized spacial score (nSPS) is 14.0. The third-order valence-electron chi connectivity index (χ3n) is 4.21. The molecule has 118 valence electrons. The largest absolute Gasteiger partial charge is 0.291 e. The highest BCUT2D eigenvalue weighted by Gasteiger charge is 2.26. The molecule has 1 aliphatic rings. The van der Waals surface area contributed by atoms with Gasteiger partial charge in [-0.1, -0.05) is 54.1 Å². The van der Waals surface area contributed by atoms with E-state index in [2.05, 4.69) is 23.2 Å². The van der Waals surface area contributed by atoms with Crippen molar-refractivity contribution in [1.82, 2.24) is 4.90 Å². The summed E-state index contributed by atoms with van der Waals surface area (Å²) in [6.45, 7) is 1.22. The topological polar surface area (TPSA) is 32.7 Å². The van der Waals surface area contributed by atoms with Crippen LogP contribution in [0.4, 0.5) is 0 Å². The highest BCUT2D eigenvalue weighted by molar-refractivity contribution is 6.30. The van der Waals surface area contributed by atoms with Crippen molar-refractivity contribution in [3.05, 3.63) is 82.9 Å². The molecule has 4 rings (SSSR count). The van der Waals surface area contributed by atoms with Crippen LogP contribution in [-0.2, 0) is 0 Å². The van der Waals surface area contributed by atoms with E-state index in [1.807, 2.05) is 24.3 Å². The third-order valence-corrected chi connectivity index (χ3v) is 4.46. The van der Waals surface area contributed by atoms with Gasteiger partial charge in [0.2, 0.25) is 0 Å². The molecule has 24 heavy (non-hydrogen) atoms. The molecular weight excluding hydrogens is 320 g/mol. The third kappa shape index (κ3) is 2.57. The molecule has 0 fully saturated rings. The summed E-state index contributed by atoms with van der Waals surface area (Å²) in [6.07, 6.45) is 0. The van der Waals surface area contributed by atoms with E-state index >= 15 is 0 Å². The van der Waals surface area contributed by atoms with E-state index in [1.54, 1.807) is 29.2 Å². The molecule has 0 unspecified atom stereocenters. The van der Waals surface area contributed by atoms with E-state index in [0.717, 1.165) is 22.2 Å². The Morgan fingerprint density at radius 3 is 2.54 bits per heavy atom. The second-order valence-electron chi connectivity index (χ2n) is 5.70. The van der Waals surface area contributed by atoms with Gasteiger partial charge in [0, 0.05) is 22.7 Å². The molecule has 0 aliphatic carbocycles. The maximum Gasteiger partial charge on any atom is 0.259 e. The summed E-state index contributed by atoms with van der Waals surface area (Å²) < 4.78 is 0. The number of rotatable bonds is 2. The van der Waals surface area contributed by atoms with E-state index in [4.69, 9.17) is 11.6 Å². The molecule has 3 aromatic rings. The fourth-order valence-corrected chi connectivity index (χ4v) is 3.17. The van der Waals surface area contributed by atoms with E-state index in [1.165, 1.54) is 0 Å². The van der Waals surface area contributed by atoms with Crippen molar-refractivity contribution in [2.24, 2.45) is 4.99 Å². The lowest BCUT2D eigenvalue weighted by atomic mass is 10.0. The van der Waals surface area contributed by atoms with Gasteiger partial charge in [0.1, 0.15) is 5.84 Å². The van der Waals surface area contributed by atoms with Crippen molar-refractivity contribution in [2.45, 2.75) is 0 Å². The molecule has 0 radical (unpaired) electrons.